The zero-order valence-corrected chi connectivity index (χ0v) is 10.5. The number of thiocarbonyl (C=S) groups is 1. The van der Waals surface area contributed by atoms with Crippen LogP contribution in [0.25, 0.3) is 0 Å². The summed E-state index contributed by atoms with van der Waals surface area (Å²) in [6.45, 7) is 1.87. The smallest absolute Gasteiger partial charge is 0.393 e. The Kier molecular flexibility index (Phi) is 3.57. The Balaban J connectivity index is 2.96. The average molecular weight is 283 g/mol. The first kappa shape index (κ1) is 14.7. The molecule has 0 aliphatic carbocycles. The van der Waals surface area contributed by atoms with Crippen LogP contribution in [0, 0.1) is 5.92 Å². The van der Waals surface area contributed by atoms with Crippen LogP contribution in [0.1, 0.15) is 13.8 Å². The number of alkyl halides is 3. The van der Waals surface area contributed by atoms with Crippen molar-refractivity contribution in [2.75, 3.05) is 6.54 Å². The predicted octanol–water partition coefficient (Wildman–Crippen LogP) is 0.781. The molecule has 0 radical (unpaired) electrons. The van der Waals surface area contributed by atoms with E-state index in [2.05, 4.69) is 12.2 Å². The number of carbonyl (C=O) groups excluding carboxylic acids is 2. The number of nitrogens with two attached hydrogens (primary N) is 1. The monoisotopic (exact) mass is 283 g/mol. The van der Waals surface area contributed by atoms with E-state index >= 15 is 0 Å². The van der Waals surface area contributed by atoms with E-state index in [1.807, 2.05) is 0 Å². The van der Waals surface area contributed by atoms with Crippen molar-refractivity contribution in [3.05, 3.63) is 0 Å². The van der Waals surface area contributed by atoms with Crippen LogP contribution in [0.4, 0.5) is 18.0 Å². The summed E-state index contributed by atoms with van der Waals surface area (Å²) < 4.78 is 38.2. The fraction of sp³-hybridized carbons (Fsp3) is 0.667. The van der Waals surface area contributed by atoms with Crippen molar-refractivity contribution in [1.29, 1.82) is 0 Å². The summed E-state index contributed by atoms with van der Waals surface area (Å²) >= 11 is 4.65. The number of rotatable bonds is 3. The van der Waals surface area contributed by atoms with Crippen LogP contribution in [-0.4, -0.2) is 40.1 Å². The topological polar surface area (TPSA) is 75.4 Å². The molecule has 3 amide bonds. The minimum Gasteiger partial charge on any atom is -0.393 e. The highest BCUT2D eigenvalue weighted by Gasteiger charge is 2.64. The molecule has 3 N–H and O–H groups in total. The van der Waals surface area contributed by atoms with Crippen LogP contribution in [0.15, 0.2) is 0 Å². The number of halogens is 3. The van der Waals surface area contributed by atoms with Crippen molar-refractivity contribution in [1.82, 2.24) is 10.2 Å². The average Bonchev–Trinajstić information content (AvgIpc) is 2.42. The van der Waals surface area contributed by atoms with E-state index in [4.69, 9.17) is 5.73 Å². The second kappa shape index (κ2) is 4.38. The fourth-order valence-electron chi connectivity index (χ4n) is 1.42. The molecule has 0 aromatic heterocycles. The number of amides is 3. The minimum atomic E-state index is -4.86. The summed E-state index contributed by atoms with van der Waals surface area (Å²) in [5.74, 6) is -1.90. The van der Waals surface area contributed by atoms with Gasteiger partial charge in [0.15, 0.2) is 0 Å². The van der Waals surface area contributed by atoms with Crippen molar-refractivity contribution in [2.24, 2.45) is 11.7 Å². The number of hydrogen-bond acceptors (Lipinski definition) is 3. The Bertz CT molecular complexity index is 412. The predicted molar refractivity (Wildman–Crippen MR) is 60.7 cm³/mol. The molecule has 1 aliphatic heterocycles. The summed E-state index contributed by atoms with van der Waals surface area (Å²) in [5, 5.41) is 1.64. The van der Waals surface area contributed by atoms with E-state index in [1.165, 1.54) is 6.92 Å². The highest BCUT2D eigenvalue weighted by molar-refractivity contribution is 7.80. The number of carbonyl (C=O) groups is 2. The Hall–Kier alpha value is -1.38. The molecular weight excluding hydrogens is 271 g/mol. The van der Waals surface area contributed by atoms with E-state index in [0.717, 1.165) is 0 Å². The molecule has 0 saturated carbocycles. The van der Waals surface area contributed by atoms with E-state index in [0.29, 0.717) is 11.8 Å². The van der Waals surface area contributed by atoms with Gasteiger partial charge in [-0.15, -0.1) is 0 Å². The molecule has 0 aromatic carbocycles. The summed E-state index contributed by atoms with van der Waals surface area (Å²) in [6.07, 6.45) is -4.86. The van der Waals surface area contributed by atoms with Gasteiger partial charge < -0.3 is 11.1 Å². The fourth-order valence-corrected chi connectivity index (χ4v) is 1.49. The highest BCUT2D eigenvalue weighted by atomic mass is 32.1. The highest BCUT2D eigenvalue weighted by Crippen LogP contribution is 2.35. The number of imide groups is 1. The maximum absolute atomic E-state index is 12.7. The van der Waals surface area contributed by atoms with Gasteiger partial charge in [0, 0.05) is 12.5 Å². The normalized spacial score (nSPS) is 26.2. The van der Waals surface area contributed by atoms with Crippen molar-refractivity contribution in [3.63, 3.8) is 0 Å². The first-order valence-electron chi connectivity index (χ1n) is 5.01. The van der Waals surface area contributed by atoms with Crippen LogP contribution in [0.3, 0.4) is 0 Å². The van der Waals surface area contributed by atoms with Crippen molar-refractivity contribution in [2.45, 2.75) is 25.6 Å². The molecule has 0 spiro atoms. The van der Waals surface area contributed by atoms with Crippen LogP contribution in [0.2, 0.25) is 0 Å². The molecule has 0 bridgehead atoms. The maximum Gasteiger partial charge on any atom is 0.420 e. The van der Waals surface area contributed by atoms with Crippen LogP contribution in [0.5, 0.6) is 0 Å². The van der Waals surface area contributed by atoms with E-state index in [9.17, 15) is 22.8 Å². The molecule has 1 rings (SSSR count). The van der Waals surface area contributed by atoms with Crippen LogP contribution in [-0.2, 0) is 4.79 Å². The zero-order chi connectivity index (χ0) is 14.3. The van der Waals surface area contributed by atoms with E-state index < -0.39 is 29.6 Å². The molecule has 102 valence electrons. The minimum absolute atomic E-state index is 0.0243. The molecular formula is C9H12F3N3O2S. The van der Waals surface area contributed by atoms with Gasteiger partial charge in [-0.3, -0.25) is 9.69 Å². The lowest BCUT2D eigenvalue weighted by Gasteiger charge is -2.24. The lowest BCUT2D eigenvalue weighted by molar-refractivity contribution is -0.191. The third-order valence-electron chi connectivity index (χ3n) is 2.78. The van der Waals surface area contributed by atoms with Crippen molar-refractivity contribution in [3.8, 4) is 0 Å². The zero-order valence-electron chi connectivity index (χ0n) is 9.67. The second-order valence-corrected chi connectivity index (χ2v) is 4.74. The van der Waals surface area contributed by atoms with Gasteiger partial charge in [0.2, 0.25) is 5.54 Å². The molecule has 1 fully saturated rings. The molecule has 5 nitrogen and oxygen atoms in total. The number of nitrogens with zero attached hydrogens (tertiary/aromatic N) is 1. The van der Waals surface area contributed by atoms with Gasteiger partial charge in [-0.25, -0.2) is 4.79 Å². The molecule has 0 aromatic rings. The van der Waals surface area contributed by atoms with Gasteiger partial charge in [0.25, 0.3) is 5.91 Å². The first-order chi connectivity index (χ1) is 8.00. The van der Waals surface area contributed by atoms with Gasteiger partial charge in [0.1, 0.15) is 0 Å². The lowest BCUT2D eigenvalue weighted by atomic mass is 10.0. The molecule has 1 heterocycles. The van der Waals surface area contributed by atoms with Gasteiger partial charge >= 0.3 is 12.2 Å². The summed E-state index contributed by atoms with van der Waals surface area (Å²) in [7, 11) is 0. The Labute approximate surface area is 106 Å². The van der Waals surface area contributed by atoms with Gasteiger partial charge in [-0.1, -0.05) is 19.1 Å². The summed E-state index contributed by atoms with van der Waals surface area (Å²) in [5.41, 5.74) is 2.41. The summed E-state index contributed by atoms with van der Waals surface area (Å²) in [6, 6.07) is -1.09. The third-order valence-corrected chi connectivity index (χ3v) is 3.19. The van der Waals surface area contributed by atoms with Gasteiger partial charge in [-0.05, 0) is 6.92 Å². The standard InChI is InChI=1S/C9H12F3N3O2S/c1-4(5(13)18)3-15-6(16)8(2,9(10,11)12)14-7(15)17/h4H,3H2,1-2H3,(H2,13,18)(H,14,17). The quantitative estimate of drug-likeness (QED) is 0.593. The SMILES string of the molecule is CC(CN1C(=O)NC(C)(C(F)(F)F)C1=O)C(N)=S. The maximum atomic E-state index is 12.7. The van der Waals surface area contributed by atoms with Crippen LogP contribution < -0.4 is 11.1 Å². The second-order valence-electron chi connectivity index (χ2n) is 4.27. The first-order valence-corrected chi connectivity index (χ1v) is 5.41. The summed E-state index contributed by atoms with van der Waals surface area (Å²) in [4.78, 5) is 23.6. The molecule has 2 atom stereocenters. The molecule has 1 aliphatic rings. The van der Waals surface area contributed by atoms with E-state index in [-0.39, 0.29) is 11.5 Å². The molecule has 18 heavy (non-hydrogen) atoms. The molecule has 2 unspecified atom stereocenters. The van der Waals surface area contributed by atoms with Gasteiger partial charge in [0.05, 0.1) is 4.99 Å². The number of nitrogens with one attached hydrogen (secondary N) is 1. The number of urea groups is 1. The van der Waals surface area contributed by atoms with Crippen LogP contribution >= 0.6 is 12.2 Å². The third kappa shape index (κ3) is 2.26. The lowest BCUT2D eigenvalue weighted by Crippen LogP contribution is -2.56. The Morgan fingerprint density at radius 3 is 2.39 bits per heavy atom. The molecule has 9 heteroatoms. The largest absolute Gasteiger partial charge is 0.420 e. The van der Waals surface area contributed by atoms with Crippen molar-refractivity contribution >= 4 is 29.1 Å². The van der Waals surface area contributed by atoms with E-state index in [1.54, 1.807) is 5.32 Å². The Morgan fingerprint density at radius 2 is 2.06 bits per heavy atom. The molecule has 1 saturated heterocycles. The van der Waals surface area contributed by atoms with Crippen molar-refractivity contribution < 1.29 is 22.8 Å². The number of hydrogen-bond donors (Lipinski definition) is 2. The Morgan fingerprint density at radius 1 is 1.56 bits per heavy atom. The van der Waals surface area contributed by atoms with Gasteiger partial charge in [-0.2, -0.15) is 13.2 Å².